The van der Waals surface area contributed by atoms with Crippen LogP contribution < -0.4 is 15.4 Å². The van der Waals surface area contributed by atoms with E-state index in [0.29, 0.717) is 52.2 Å². The lowest BCUT2D eigenvalue weighted by Crippen LogP contribution is -2.41. The molecule has 1 saturated heterocycles. The number of methoxy groups -OCH3 is 1. The summed E-state index contributed by atoms with van der Waals surface area (Å²) >= 11 is 6.47. The number of nitrogens with zero attached hydrogens (tertiary/aromatic N) is 4. The zero-order valence-corrected chi connectivity index (χ0v) is 24.2. The number of amides is 3. The number of nitrogens with one attached hydrogen (secondary N) is 2. The number of aromatic nitrogens is 2. The summed E-state index contributed by atoms with van der Waals surface area (Å²) in [5, 5.41) is 16.4. The molecule has 3 aromatic rings. The number of carbonyl (C=O) groups excluding carboxylic acids is 3. The summed E-state index contributed by atoms with van der Waals surface area (Å²) in [4.78, 5) is 50.0. The summed E-state index contributed by atoms with van der Waals surface area (Å²) in [5.74, 6) is 0.455. The molecule has 1 aromatic heterocycles. The number of carbonyl (C=O) groups is 3. The first-order valence-corrected chi connectivity index (χ1v) is 14.1. The lowest BCUT2D eigenvalue weighted by molar-refractivity contribution is -0.129. The van der Waals surface area contributed by atoms with Gasteiger partial charge < -0.3 is 30.3 Å². The van der Waals surface area contributed by atoms with E-state index < -0.39 is 6.04 Å². The summed E-state index contributed by atoms with van der Waals surface area (Å²) in [6.45, 7) is 2.76. The third-order valence-corrected chi connectivity index (χ3v) is 7.90. The quantitative estimate of drug-likeness (QED) is 0.345. The van der Waals surface area contributed by atoms with Crippen LogP contribution in [0.25, 0.3) is 11.3 Å². The Morgan fingerprint density at radius 1 is 1.19 bits per heavy atom. The second kappa shape index (κ2) is 12.7. The number of aliphatic hydroxyl groups is 1. The molecule has 1 fully saturated rings. The van der Waals surface area contributed by atoms with Gasteiger partial charge in [0.15, 0.2) is 0 Å². The number of anilines is 1. The van der Waals surface area contributed by atoms with Crippen LogP contribution in [0.2, 0.25) is 5.02 Å². The lowest BCUT2D eigenvalue weighted by Gasteiger charge is -2.31. The molecule has 3 amide bonds. The number of fused-ring (bicyclic) bond motifs is 1. The number of aliphatic hydroxyl groups excluding tert-OH is 1. The van der Waals surface area contributed by atoms with Gasteiger partial charge in [0, 0.05) is 43.7 Å². The molecule has 0 spiro atoms. The van der Waals surface area contributed by atoms with Crippen LogP contribution in [0.5, 0.6) is 5.75 Å². The molecule has 3 N–H and O–H groups in total. The predicted octanol–water partition coefficient (Wildman–Crippen LogP) is 3.03. The maximum absolute atomic E-state index is 13.3. The van der Waals surface area contributed by atoms with Crippen molar-refractivity contribution in [1.82, 2.24) is 25.1 Å². The van der Waals surface area contributed by atoms with Gasteiger partial charge >= 0.3 is 0 Å². The van der Waals surface area contributed by atoms with Crippen LogP contribution in [-0.2, 0) is 16.1 Å². The van der Waals surface area contributed by atoms with E-state index in [9.17, 15) is 19.5 Å². The molecule has 2 aromatic carbocycles. The van der Waals surface area contributed by atoms with Gasteiger partial charge in [-0.15, -0.1) is 0 Å². The van der Waals surface area contributed by atoms with Crippen molar-refractivity contribution in [3.8, 4) is 17.0 Å². The smallest absolute Gasteiger partial charge is 0.254 e. The molecule has 12 heteroatoms. The van der Waals surface area contributed by atoms with Gasteiger partial charge in [0.2, 0.25) is 17.8 Å². The number of rotatable bonds is 9. The highest BCUT2D eigenvalue weighted by Crippen LogP contribution is 2.32. The SMILES string of the molecule is COc1cccc(C(CO)NC(=O)CN2Cc3ccc(-c4nc(NC5CCN(C(C)=O)CC5)ncc4Cl)cc3C2=O)c1. The second-order valence-corrected chi connectivity index (χ2v) is 10.8. The number of hydrogen-bond acceptors (Lipinski definition) is 8. The van der Waals surface area contributed by atoms with Gasteiger partial charge in [0.25, 0.3) is 5.91 Å². The third kappa shape index (κ3) is 6.47. The van der Waals surface area contributed by atoms with Crippen molar-refractivity contribution in [2.24, 2.45) is 0 Å². The van der Waals surface area contributed by atoms with Gasteiger partial charge in [0.1, 0.15) is 12.3 Å². The summed E-state index contributed by atoms with van der Waals surface area (Å²) in [6, 6.07) is 12.0. The average Bonchev–Trinajstić information content (AvgIpc) is 3.30. The van der Waals surface area contributed by atoms with Gasteiger partial charge in [-0.2, -0.15) is 0 Å². The van der Waals surface area contributed by atoms with Gasteiger partial charge in [-0.3, -0.25) is 14.4 Å². The molecule has 1 unspecified atom stereocenters. The van der Waals surface area contributed by atoms with Crippen molar-refractivity contribution >= 4 is 35.3 Å². The minimum Gasteiger partial charge on any atom is -0.497 e. The molecule has 3 heterocycles. The van der Waals surface area contributed by atoms with Crippen molar-refractivity contribution in [2.75, 3.05) is 38.7 Å². The van der Waals surface area contributed by atoms with E-state index >= 15 is 0 Å². The molecule has 0 bridgehead atoms. The number of halogens is 1. The van der Waals surface area contributed by atoms with E-state index in [1.54, 1.807) is 44.4 Å². The molecule has 11 nitrogen and oxygen atoms in total. The number of likely N-dealkylation sites (tertiary alicyclic amines) is 1. The molecule has 0 saturated carbocycles. The summed E-state index contributed by atoms with van der Waals surface area (Å²) in [6.07, 6.45) is 3.11. The van der Waals surface area contributed by atoms with Crippen LogP contribution in [0.4, 0.5) is 5.95 Å². The van der Waals surface area contributed by atoms with E-state index in [1.165, 1.54) is 11.1 Å². The fourth-order valence-electron chi connectivity index (χ4n) is 5.30. The molecular formula is C30H33ClN6O5. The van der Waals surface area contributed by atoms with E-state index in [2.05, 4.69) is 20.6 Å². The Bertz CT molecular complexity index is 1490. The van der Waals surface area contributed by atoms with Crippen LogP contribution in [0.3, 0.4) is 0 Å². The molecule has 0 aliphatic carbocycles. The highest BCUT2D eigenvalue weighted by atomic mass is 35.5. The lowest BCUT2D eigenvalue weighted by atomic mass is 10.0. The summed E-state index contributed by atoms with van der Waals surface area (Å²) in [5.41, 5.74) is 3.12. The zero-order valence-electron chi connectivity index (χ0n) is 23.5. The number of piperidine rings is 1. The monoisotopic (exact) mass is 592 g/mol. The maximum Gasteiger partial charge on any atom is 0.254 e. The van der Waals surface area contributed by atoms with E-state index in [4.69, 9.17) is 16.3 Å². The summed E-state index contributed by atoms with van der Waals surface area (Å²) in [7, 11) is 1.55. The van der Waals surface area contributed by atoms with Crippen molar-refractivity contribution in [3.05, 3.63) is 70.4 Å². The largest absolute Gasteiger partial charge is 0.497 e. The van der Waals surface area contributed by atoms with Crippen LogP contribution in [0, 0.1) is 0 Å². The van der Waals surface area contributed by atoms with Crippen molar-refractivity contribution in [3.63, 3.8) is 0 Å². The maximum atomic E-state index is 13.3. The number of benzene rings is 2. The first-order valence-electron chi connectivity index (χ1n) is 13.8. The van der Waals surface area contributed by atoms with Gasteiger partial charge in [-0.1, -0.05) is 35.9 Å². The molecule has 42 heavy (non-hydrogen) atoms. The minimum absolute atomic E-state index is 0.0754. The second-order valence-electron chi connectivity index (χ2n) is 10.4. The fraction of sp³-hybridized carbons (Fsp3) is 0.367. The van der Waals surface area contributed by atoms with Crippen LogP contribution in [-0.4, -0.2) is 82.0 Å². The Hall–Kier alpha value is -4.22. The third-order valence-electron chi connectivity index (χ3n) is 7.63. The Labute approximate surface area is 248 Å². The summed E-state index contributed by atoms with van der Waals surface area (Å²) < 4.78 is 5.23. The molecule has 1 atom stereocenters. The predicted molar refractivity (Wildman–Crippen MR) is 157 cm³/mol. The topological polar surface area (TPSA) is 137 Å². The molecule has 2 aliphatic heterocycles. The van der Waals surface area contributed by atoms with Gasteiger partial charge in [-0.25, -0.2) is 9.97 Å². The number of hydrogen-bond donors (Lipinski definition) is 3. The average molecular weight is 593 g/mol. The Kier molecular flexibility index (Phi) is 8.89. The molecule has 220 valence electrons. The van der Waals surface area contributed by atoms with E-state index in [-0.39, 0.29) is 43.5 Å². The fourth-order valence-corrected chi connectivity index (χ4v) is 5.50. The molecule has 5 rings (SSSR count). The van der Waals surface area contributed by atoms with Crippen LogP contribution >= 0.6 is 11.6 Å². The standard InChI is InChI=1S/C30H33ClN6O5/c1-18(39)36-10-8-22(9-11-36)33-30-32-14-25(31)28(35-30)20-6-7-21-15-37(29(41)24(21)13-20)16-27(40)34-26(17-38)19-4-3-5-23(12-19)42-2/h3-7,12-14,22,26,38H,8-11,15-17H2,1-2H3,(H,34,40)(H,32,33,35). The Morgan fingerprint density at radius 3 is 2.69 bits per heavy atom. The first-order chi connectivity index (χ1) is 20.2. The Balaban J connectivity index is 1.25. The van der Waals surface area contributed by atoms with Crippen LogP contribution in [0.15, 0.2) is 48.7 Å². The van der Waals surface area contributed by atoms with Crippen molar-refractivity contribution < 1.29 is 24.2 Å². The zero-order chi connectivity index (χ0) is 29.8. The van der Waals surface area contributed by atoms with E-state index in [0.717, 1.165) is 18.4 Å². The Morgan fingerprint density at radius 2 is 1.98 bits per heavy atom. The van der Waals surface area contributed by atoms with Crippen molar-refractivity contribution in [1.29, 1.82) is 0 Å². The normalized spacial score (nSPS) is 15.8. The molecular weight excluding hydrogens is 560 g/mol. The van der Waals surface area contributed by atoms with Crippen LogP contribution in [0.1, 0.15) is 47.3 Å². The highest BCUT2D eigenvalue weighted by Gasteiger charge is 2.30. The van der Waals surface area contributed by atoms with Gasteiger partial charge in [-0.05, 0) is 42.2 Å². The van der Waals surface area contributed by atoms with Gasteiger partial charge in [0.05, 0.1) is 36.7 Å². The minimum atomic E-state index is -0.635. The number of ether oxygens (including phenoxy) is 1. The molecule has 0 radical (unpaired) electrons. The highest BCUT2D eigenvalue weighted by molar-refractivity contribution is 6.33. The van der Waals surface area contributed by atoms with Crippen molar-refractivity contribution in [2.45, 2.75) is 38.4 Å². The van der Waals surface area contributed by atoms with E-state index in [1.807, 2.05) is 17.0 Å². The molecule has 2 aliphatic rings. The first kappa shape index (κ1) is 29.3.